The summed E-state index contributed by atoms with van der Waals surface area (Å²) in [5.41, 5.74) is 3.72. The highest BCUT2D eigenvalue weighted by Gasteiger charge is 2.21. The molecule has 1 aliphatic carbocycles. The molecule has 0 aromatic carbocycles. The van der Waals surface area contributed by atoms with Crippen molar-refractivity contribution in [2.24, 2.45) is 7.05 Å². The van der Waals surface area contributed by atoms with Gasteiger partial charge in [-0.1, -0.05) is 24.2 Å². The molecule has 1 N–H and O–H groups in total. The van der Waals surface area contributed by atoms with Crippen LogP contribution in [0.5, 0.6) is 0 Å². The predicted molar refractivity (Wildman–Crippen MR) is 106 cm³/mol. The summed E-state index contributed by atoms with van der Waals surface area (Å²) in [7, 11) is 1.90. The molecule has 0 aliphatic heterocycles. The number of anilines is 2. The van der Waals surface area contributed by atoms with Crippen molar-refractivity contribution in [1.82, 2.24) is 29.9 Å². The molecule has 0 amide bonds. The number of rotatable bonds is 4. The van der Waals surface area contributed by atoms with Gasteiger partial charge < -0.3 is 5.32 Å². The zero-order chi connectivity index (χ0) is 18.2. The topological polar surface area (TPSA) is 81.4 Å². The fourth-order valence-corrected chi connectivity index (χ4v) is 4.46. The van der Waals surface area contributed by atoms with E-state index in [1.54, 1.807) is 16.0 Å². The van der Waals surface area contributed by atoms with Crippen molar-refractivity contribution < 1.29 is 0 Å². The Bertz CT molecular complexity index is 1090. The van der Waals surface area contributed by atoms with Crippen LogP contribution in [-0.4, -0.2) is 29.9 Å². The Balaban J connectivity index is 1.41. The molecule has 7 nitrogen and oxygen atoms in total. The van der Waals surface area contributed by atoms with Crippen molar-refractivity contribution in [2.75, 3.05) is 5.32 Å². The Morgan fingerprint density at radius 1 is 1.07 bits per heavy atom. The molecule has 0 bridgehead atoms. The summed E-state index contributed by atoms with van der Waals surface area (Å²) < 4.78 is 1.78. The lowest BCUT2D eigenvalue weighted by Gasteiger charge is -2.05. The summed E-state index contributed by atoms with van der Waals surface area (Å²) in [6.45, 7) is 0. The van der Waals surface area contributed by atoms with Crippen LogP contribution < -0.4 is 5.32 Å². The number of fused-ring (bicyclic) bond motifs is 1. The molecule has 4 aromatic heterocycles. The Kier molecular flexibility index (Phi) is 4.05. The zero-order valence-corrected chi connectivity index (χ0v) is 15.8. The largest absolute Gasteiger partial charge is 0.315 e. The molecule has 136 valence electrons. The first kappa shape index (κ1) is 16.3. The lowest BCUT2D eigenvalue weighted by atomic mass is 10.1. The molecule has 4 heterocycles. The van der Waals surface area contributed by atoms with Gasteiger partial charge in [-0.15, -0.1) is 10.2 Å². The molecule has 0 spiro atoms. The number of hydrogen-bond donors (Lipinski definition) is 1. The van der Waals surface area contributed by atoms with Gasteiger partial charge in [0.1, 0.15) is 10.8 Å². The molecular weight excluding hydrogens is 358 g/mol. The third kappa shape index (κ3) is 3.28. The molecule has 0 unspecified atom stereocenters. The molecule has 1 aliphatic rings. The molecule has 8 heteroatoms. The molecule has 27 heavy (non-hydrogen) atoms. The number of pyridine rings is 2. The monoisotopic (exact) mass is 377 g/mol. The maximum atomic E-state index is 4.71. The van der Waals surface area contributed by atoms with Crippen LogP contribution in [0.15, 0.2) is 36.8 Å². The van der Waals surface area contributed by atoms with E-state index in [4.69, 9.17) is 4.98 Å². The Labute approximate surface area is 160 Å². The number of aryl methyl sites for hydroxylation is 1. The standard InChI is InChI=1S/C19H19N7S/c1-26-11-14(10-21-26)13-8-16-15(20-9-13)6-7-17(22-16)23-19-25-24-18(27-19)12-4-2-3-5-12/h6-12H,2-5H2,1H3,(H,22,23,25). The second-order valence-corrected chi connectivity index (χ2v) is 7.92. The highest BCUT2D eigenvalue weighted by atomic mass is 32.1. The minimum atomic E-state index is 0.578. The van der Waals surface area contributed by atoms with Gasteiger partial charge in [-0.2, -0.15) is 5.10 Å². The molecule has 1 saturated carbocycles. The van der Waals surface area contributed by atoms with Gasteiger partial charge in [0.2, 0.25) is 5.13 Å². The minimum absolute atomic E-state index is 0.578. The molecule has 0 atom stereocenters. The van der Waals surface area contributed by atoms with Crippen molar-refractivity contribution in [1.29, 1.82) is 0 Å². The number of nitrogens with one attached hydrogen (secondary N) is 1. The minimum Gasteiger partial charge on any atom is -0.315 e. The average Bonchev–Trinajstić information content (AvgIpc) is 3.42. The maximum Gasteiger partial charge on any atom is 0.211 e. The van der Waals surface area contributed by atoms with Crippen molar-refractivity contribution in [2.45, 2.75) is 31.6 Å². The van der Waals surface area contributed by atoms with Crippen LogP contribution in [0.2, 0.25) is 0 Å². The van der Waals surface area contributed by atoms with E-state index in [2.05, 4.69) is 25.6 Å². The smallest absolute Gasteiger partial charge is 0.211 e. The van der Waals surface area contributed by atoms with Crippen LogP contribution in [-0.2, 0) is 7.05 Å². The van der Waals surface area contributed by atoms with Gasteiger partial charge in [0.05, 0.1) is 17.2 Å². The maximum absolute atomic E-state index is 4.71. The van der Waals surface area contributed by atoms with Crippen LogP contribution in [0, 0.1) is 0 Å². The first-order chi connectivity index (χ1) is 13.2. The van der Waals surface area contributed by atoms with Crippen molar-refractivity contribution in [3.8, 4) is 11.1 Å². The fraction of sp³-hybridized carbons (Fsp3) is 0.316. The summed E-state index contributed by atoms with van der Waals surface area (Å²) in [6, 6.07) is 5.93. The van der Waals surface area contributed by atoms with Crippen LogP contribution in [0.4, 0.5) is 10.9 Å². The van der Waals surface area contributed by atoms with E-state index in [-0.39, 0.29) is 0 Å². The molecule has 1 fully saturated rings. The van der Waals surface area contributed by atoms with Gasteiger partial charge in [0.15, 0.2) is 0 Å². The highest BCUT2D eigenvalue weighted by Crippen LogP contribution is 2.37. The second kappa shape index (κ2) is 6.70. The van der Waals surface area contributed by atoms with Crippen LogP contribution in [0.1, 0.15) is 36.6 Å². The van der Waals surface area contributed by atoms with E-state index in [1.165, 1.54) is 25.7 Å². The summed E-state index contributed by atoms with van der Waals surface area (Å²) in [6.07, 6.45) is 10.7. The zero-order valence-electron chi connectivity index (χ0n) is 15.0. The van der Waals surface area contributed by atoms with Crippen LogP contribution in [0.3, 0.4) is 0 Å². The number of hydrogen-bond acceptors (Lipinski definition) is 7. The Morgan fingerprint density at radius 3 is 2.78 bits per heavy atom. The van der Waals surface area contributed by atoms with Gasteiger partial charge in [-0.3, -0.25) is 9.67 Å². The quantitative estimate of drug-likeness (QED) is 0.571. The van der Waals surface area contributed by atoms with Gasteiger partial charge in [-0.25, -0.2) is 4.98 Å². The van der Waals surface area contributed by atoms with E-state index in [0.29, 0.717) is 5.92 Å². The summed E-state index contributed by atoms with van der Waals surface area (Å²) in [5, 5.41) is 18.1. The van der Waals surface area contributed by atoms with Crippen molar-refractivity contribution >= 4 is 33.3 Å². The highest BCUT2D eigenvalue weighted by molar-refractivity contribution is 7.15. The third-order valence-electron chi connectivity index (χ3n) is 4.96. The van der Waals surface area contributed by atoms with Gasteiger partial charge in [0, 0.05) is 36.5 Å². The fourth-order valence-electron chi connectivity index (χ4n) is 3.54. The lowest BCUT2D eigenvalue weighted by molar-refractivity contribution is 0.705. The Hall–Kier alpha value is -2.87. The first-order valence-corrected chi connectivity index (χ1v) is 9.92. The van der Waals surface area contributed by atoms with Crippen molar-refractivity contribution in [3.05, 3.63) is 41.8 Å². The molecule has 0 radical (unpaired) electrons. The predicted octanol–water partition coefficient (Wildman–Crippen LogP) is 4.28. The Morgan fingerprint density at radius 2 is 1.96 bits per heavy atom. The molecular formula is C19H19N7S. The summed E-state index contributed by atoms with van der Waals surface area (Å²) >= 11 is 1.63. The SMILES string of the molecule is Cn1cc(-c2cnc3ccc(Nc4nnc(C5CCCC5)s4)nc3c2)cn1. The third-order valence-corrected chi connectivity index (χ3v) is 5.96. The van der Waals surface area contributed by atoms with Gasteiger partial charge >= 0.3 is 0 Å². The lowest BCUT2D eigenvalue weighted by Crippen LogP contribution is -1.94. The van der Waals surface area contributed by atoms with Crippen molar-refractivity contribution in [3.63, 3.8) is 0 Å². The average molecular weight is 377 g/mol. The van der Waals surface area contributed by atoms with E-state index in [0.717, 1.165) is 38.1 Å². The van der Waals surface area contributed by atoms with Gasteiger partial charge in [0.25, 0.3) is 0 Å². The second-order valence-electron chi connectivity index (χ2n) is 6.91. The van der Waals surface area contributed by atoms with E-state index < -0.39 is 0 Å². The van der Waals surface area contributed by atoms with E-state index in [9.17, 15) is 0 Å². The number of nitrogens with zero attached hydrogens (tertiary/aromatic N) is 6. The summed E-state index contributed by atoms with van der Waals surface area (Å²) in [4.78, 5) is 9.23. The molecule has 0 saturated heterocycles. The summed E-state index contributed by atoms with van der Waals surface area (Å²) in [5.74, 6) is 1.33. The number of aromatic nitrogens is 6. The van der Waals surface area contributed by atoms with Gasteiger partial charge in [-0.05, 0) is 31.0 Å². The van der Waals surface area contributed by atoms with E-state index >= 15 is 0 Å². The van der Waals surface area contributed by atoms with E-state index in [1.807, 2.05) is 43.8 Å². The molecule has 5 rings (SSSR count). The van der Waals surface area contributed by atoms with Crippen LogP contribution >= 0.6 is 11.3 Å². The van der Waals surface area contributed by atoms with Crippen LogP contribution in [0.25, 0.3) is 22.2 Å². The first-order valence-electron chi connectivity index (χ1n) is 9.11. The normalized spacial score (nSPS) is 14.9. The molecule has 4 aromatic rings.